The summed E-state index contributed by atoms with van der Waals surface area (Å²) in [6.07, 6.45) is 0. The van der Waals surface area contributed by atoms with Gasteiger partial charge in [0, 0.05) is 30.4 Å². The number of ether oxygens (including phenoxy) is 1. The normalized spacial score (nSPS) is 15.0. The summed E-state index contributed by atoms with van der Waals surface area (Å²) in [7, 11) is 4.06. The smallest absolute Gasteiger partial charge is 0.234 e. The van der Waals surface area contributed by atoms with Crippen molar-refractivity contribution in [1.29, 1.82) is 0 Å². The molecule has 0 aliphatic carbocycles. The van der Waals surface area contributed by atoms with Gasteiger partial charge in [-0.1, -0.05) is 11.6 Å². The summed E-state index contributed by atoms with van der Waals surface area (Å²) in [5.41, 5.74) is 1.78. The number of carbonyl (C=O) groups is 1. The van der Waals surface area contributed by atoms with Gasteiger partial charge in [-0.3, -0.25) is 4.79 Å². The molecule has 0 unspecified atom stereocenters. The number of thioether (sulfide) groups is 1. The molecule has 1 N–H and O–H groups in total. The molecule has 7 heteroatoms. The molecule has 0 bridgehead atoms. The molecule has 1 aliphatic rings. The fraction of sp³-hybridized carbons (Fsp3) is 0.562. The highest BCUT2D eigenvalue weighted by molar-refractivity contribution is 7.99. The van der Waals surface area contributed by atoms with Gasteiger partial charge in [0.2, 0.25) is 5.91 Å². The fourth-order valence-electron chi connectivity index (χ4n) is 2.29. The quantitative estimate of drug-likeness (QED) is 0.759. The summed E-state index contributed by atoms with van der Waals surface area (Å²) < 4.78 is 5.39. The Bertz CT molecular complexity index is 522. The van der Waals surface area contributed by atoms with Crippen LogP contribution in [0.3, 0.4) is 0 Å². The van der Waals surface area contributed by atoms with Gasteiger partial charge < -0.3 is 19.9 Å². The van der Waals surface area contributed by atoms with E-state index in [1.807, 2.05) is 32.3 Å². The van der Waals surface area contributed by atoms with Crippen molar-refractivity contribution in [3.8, 4) is 0 Å². The minimum atomic E-state index is 0.00512. The molecule has 128 valence electrons. The number of morpholine rings is 1. The molecule has 2 rings (SSSR count). The first kappa shape index (κ1) is 18.4. The maximum absolute atomic E-state index is 12.2. The Balaban J connectivity index is 1.94. The van der Waals surface area contributed by atoms with Crippen LogP contribution in [-0.2, 0) is 9.53 Å². The van der Waals surface area contributed by atoms with Crippen LogP contribution in [0.2, 0.25) is 5.02 Å². The van der Waals surface area contributed by atoms with Gasteiger partial charge >= 0.3 is 0 Å². The lowest BCUT2D eigenvalue weighted by Gasteiger charge is -2.30. The Hall–Kier alpha value is -0.950. The highest BCUT2D eigenvalue weighted by atomic mass is 35.5. The molecule has 0 radical (unpaired) electrons. The maximum atomic E-state index is 12.2. The van der Waals surface area contributed by atoms with Crippen molar-refractivity contribution < 1.29 is 9.53 Å². The lowest BCUT2D eigenvalue weighted by Crippen LogP contribution is -2.36. The number of nitrogens with one attached hydrogen (secondary N) is 1. The number of nitrogens with zero attached hydrogens (tertiary/aromatic N) is 2. The van der Waals surface area contributed by atoms with E-state index in [0.717, 1.165) is 36.8 Å². The minimum absolute atomic E-state index is 0.00512. The van der Waals surface area contributed by atoms with Crippen molar-refractivity contribution >= 4 is 40.6 Å². The van der Waals surface area contributed by atoms with E-state index in [1.54, 1.807) is 11.8 Å². The third-order valence-electron chi connectivity index (χ3n) is 3.50. The summed E-state index contributed by atoms with van der Waals surface area (Å²) >= 11 is 7.73. The van der Waals surface area contributed by atoms with Crippen LogP contribution in [0, 0.1) is 0 Å². The van der Waals surface area contributed by atoms with Crippen molar-refractivity contribution in [3.63, 3.8) is 0 Å². The average molecular weight is 358 g/mol. The zero-order chi connectivity index (χ0) is 16.7. The predicted molar refractivity (Wildman–Crippen MR) is 99.0 cm³/mol. The van der Waals surface area contributed by atoms with Crippen LogP contribution >= 0.6 is 23.4 Å². The van der Waals surface area contributed by atoms with Crippen molar-refractivity contribution in [1.82, 2.24) is 4.90 Å². The Morgan fingerprint density at radius 2 is 2.13 bits per heavy atom. The van der Waals surface area contributed by atoms with E-state index in [4.69, 9.17) is 16.3 Å². The first-order valence-corrected chi connectivity index (χ1v) is 9.24. The minimum Gasteiger partial charge on any atom is -0.378 e. The molecule has 1 aromatic rings. The largest absolute Gasteiger partial charge is 0.378 e. The van der Waals surface area contributed by atoms with Crippen LogP contribution in [0.15, 0.2) is 18.2 Å². The molecule has 23 heavy (non-hydrogen) atoms. The van der Waals surface area contributed by atoms with Gasteiger partial charge in [-0.15, -0.1) is 0 Å². The number of benzene rings is 1. The summed E-state index contributed by atoms with van der Waals surface area (Å²) in [5, 5.41) is 3.62. The third-order valence-corrected chi connectivity index (χ3v) is 4.67. The van der Waals surface area contributed by atoms with Crippen molar-refractivity contribution in [3.05, 3.63) is 23.2 Å². The predicted octanol–water partition coefficient (Wildman–Crippen LogP) is 2.41. The number of carbonyl (C=O) groups excluding carboxylic acids is 1. The fourth-order valence-corrected chi connectivity index (χ4v) is 3.35. The molecule has 1 fully saturated rings. The molecule has 0 atom stereocenters. The lowest BCUT2D eigenvalue weighted by molar-refractivity contribution is -0.113. The third kappa shape index (κ3) is 6.22. The van der Waals surface area contributed by atoms with Crippen LogP contribution in [0.1, 0.15) is 0 Å². The van der Waals surface area contributed by atoms with Gasteiger partial charge in [0.05, 0.1) is 30.3 Å². The van der Waals surface area contributed by atoms with Gasteiger partial charge in [-0.05, 0) is 32.3 Å². The Morgan fingerprint density at radius 1 is 1.39 bits per heavy atom. The van der Waals surface area contributed by atoms with Gasteiger partial charge in [-0.25, -0.2) is 0 Å². The number of hydrogen-bond acceptors (Lipinski definition) is 5. The maximum Gasteiger partial charge on any atom is 0.234 e. The lowest BCUT2D eigenvalue weighted by atomic mass is 10.2. The van der Waals surface area contributed by atoms with E-state index in [-0.39, 0.29) is 5.91 Å². The average Bonchev–Trinajstić information content (AvgIpc) is 2.52. The Kier molecular flexibility index (Phi) is 7.49. The Morgan fingerprint density at radius 3 is 2.83 bits per heavy atom. The molecule has 0 spiro atoms. The van der Waals surface area contributed by atoms with E-state index in [1.165, 1.54) is 0 Å². The van der Waals surface area contributed by atoms with Crippen LogP contribution in [0.4, 0.5) is 11.4 Å². The number of hydrogen-bond donors (Lipinski definition) is 1. The van der Waals surface area contributed by atoms with Crippen LogP contribution in [0.5, 0.6) is 0 Å². The topological polar surface area (TPSA) is 44.8 Å². The van der Waals surface area contributed by atoms with Crippen LogP contribution in [-0.4, -0.2) is 69.3 Å². The van der Waals surface area contributed by atoms with Gasteiger partial charge in [0.1, 0.15) is 0 Å². The molecule has 1 aliphatic heterocycles. The van der Waals surface area contributed by atoms with Gasteiger partial charge in [0.15, 0.2) is 0 Å². The van der Waals surface area contributed by atoms with E-state index < -0.39 is 0 Å². The zero-order valence-electron chi connectivity index (χ0n) is 13.7. The Labute approximate surface area is 147 Å². The van der Waals surface area contributed by atoms with Crippen molar-refractivity contribution in [2.24, 2.45) is 0 Å². The first-order chi connectivity index (χ1) is 11.1. The summed E-state index contributed by atoms with van der Waals surface area (Å²) in [5.74, 6) is 1.39. The second-order valence-corrected chi connectivity index (χ2v) is 7.21. The standard InChI is InChI=1S/C16H24ClN3O2S/c1-19(2)7-10-23-12-16(21)18-14-11-13(17)3-4-15(14)20-5-8-22-9-6-20/h3-4,11H,5-10,12H2,1-2H3,(H,18,21). The number of amides is 1. The van der Waals surface area contributed by atoms with Crippen LogP contribution < -0.4 is 10.2 Å². The van der Waals surface area contributed by atoms with E-state index in [2.05, 4.69) is 15.1 Å². The molecule has 1 amide bonds. The van der Waals surface area contributed by atoms with Crippen molar-refractivity contribution in [2.75, 3.05) is 68.7 Å². The molecule has 1 heterocycles. The number of halogens is 1. The van der Waals surface area contributed by atoms with E-state index in [0.29, 0.717) is 24.0 Å². The first-order valence-electron chi connectivity index (χ1n) is 7.71. The molecular formula is C16H24ClN3O2S. The molecule has 5 nitrogen and oxygen atoms in total. The molecule has 1 saturated heterocycles. The zero-order valence-corrected chi connectivity index (χ0v) is 15.3. The van der Waals surface area contributed by atoms with Gasteiger partial charge in [0.25, 0.3) is 0 Å². The van der Waals surface area contributed by atoms with E-state index in [9.17, 15) is 4.79 Å². The highest BCUT2D eigenvalue weighted by Gasteiger charge is 2.16. The number of anilines is 2. The SMILES string of the molecule is CN(C)CCSCC(=O)Nc1cc(Cl)ccc1N1CCOCC1. The van der Waals surface area contributed by atoms with Gasteiger partial charge in [-0.2, -0.15) is 11.8 Å². The molecule has 1 aromatic carbocycles. The summed E-state index contributed by atoms with van der Waals surface area (Å²) in [4.78, 5) is 16.5. The molecular weight excluding hydrogens is 334 g/mol. The van der Waals surface area contributed by atoms with Crippen molar-refractivity contribution in [2.45, 2.75) is 0 Å². The van der Waals surface area contributed by atoms with Crippen LogP contribution in [0.25, 0.3) is 0 Å². The van der Waals surface area contributed by atoms with E-state index >= 15 is 0 Å². The second kappa shape index (κ2) is 9.37. The molecule has 0 saturated carbocycles. The monoisotopic (exact) mass is 357 g/mol. The highest BCUT2D eigenvalue weighted by Crippen LogP contribution is 2.30. The number of rotatable bonds is 7. The second-order valence-electron chi connectivity index (χ2n) is 5.66. The summed E-state index contributed by atoms with van der Waals surface area (Å²) in [6.45, 7) is 4.02. The molecule has 0 aromatic heterocycles. The summed E-state index contributed by atoms with van der Waals surface area (Å²) in [6, 6.07) is 5.63.